The molecular weight excluding hydrogens is 252 g/mol. The van der Waals surface area contributed by atoms with Crippen LogP contribution in [-0.4, -0.2) is 17.1 Å². The molecule has 4 nitrogen and oxygen atoms in total. The Morgan fingerprint density at radius 3 is 2.83 bits per heavy atom. The minimum Gasteiger partial charge on any atom is -0.350 e. The SMILES string of the molecule is CC(C)NC(=O)c1cc(-c2cccc(Cl)c2)no1. The summed E-state index contributed by atoms with van der Waals surface area (Å²) in [5.74, 6) is -0.0792. The molecule has 94 valence electrons. The second-order valence-electron chi connectivity index (χ2n) is 4.21. The molecule has 0 radical (unpaired) electrons. The normalized spacial score (nSPS) is 10.7. The number of rotatable bonds is 3. The summed E-state index contributed by atoms with van der Waals surface area (Å²) >= 11 is 5.90. The van der Waals surface area contributed by atoms with Crippen LogP contribution in [0.1, 0.15) is 24.4 Å². The van der Waals surface area contributed by atoms with E-state index in [9.17, 15) is 4.79 Å². The monoisotopic (exact) mass is 264 g/mol. The molecule has 0 aliphatic rings. The molecule has 0 bridgehead atoms. The van der Waals surface area contributed by atoms with Gasteiger partial charge in [0.1, 0.15) is 5.69 Å². The highest BCUT2D eigenvalue weighted by atomic mass is 35.5. The Balaban J connectivity index is 2.23. The standard InChI is InChI=1S/C13H13ClN2O2/c1-8(2)15-13(17)12-7-11(16-18-12)9-4-3-5-10(14)6-9/h3-8H,1-2H3,(H,15,17). The molecule has 1 amide bonds. The third-order valence-electron chi connectivity index (χ3n) is 2.27. The molecule has 1 aromatic heterocycles. The van der Waals surface area contributed by atoms with Crippen molar-refractivity contribution >= 4 is 17.5 Å². The fourth-order valence-electron chi connectivity index (χ4n) is 1.50. The molecule has 0 aliphatic heterocycles. The summed E-state index contributed by atoms with van der Waals surface area (Å²) in [5, 5.41) is 7.21. The lowest BCUT2D eigenvalue weighted by atomic mass is 10.1. The van der Waals surface area contributed by atoms with E-state index in [4.69, 9.17) is 16.1 Å². The number of nitrogens with one attached hydrogen (secondary N) is 1. The van der Waals surface area contributed by atoms with Crippen molar-refractivity contribution in [3.8, 4) is 11.3 Å². The molecule has 0 aliphatic carbocycles. The number of hydrogen-bond acceptors (Lipinski definition) is 3. The van der Waals surface area contributed by atoms with Gasteiger partial charge in [-0.25, -0.2) is 0 Å². The summed E-state index contributed by atoms with van der Waals surface area (Å²) < 4.78 is 5.02. The van der Waals surface area contributed by atoms with Gasteiger partial charge in [0.05, 0.1) is 0 Å². The molecule has 1 N–H and O–H groups in total. The molecule has 2 rings (SSSR count). The first kappa shape index (κ1) is 12.6. The third kappa shape index (κ3) is 2.90. The number of benzene rings is 1. The molecule has 1 heterocycles. The first-order valence-corrected chi connectivity index (χ1v) is 5.97. The molecule has 1 aromatic carbocycles. The fourth-order valence-corrected chi connectivity index (χ4v) is 1.69. The summed E-state index contributed by atoms with van der Waals surface area (Å²) in [7, 11) is 0. The highest BCUT2D eigenvalue weighted by Gasteiger charge is 2.14. The van der Waals surface area contributed by atoms with Crippen molar-refractivity contribution in [3.63, 3.8) is 0 Å². The predicted molar refractivity (Wildman–Crippen MR) is 69.6 cm³/mol. The van der Waals surface area contributed by atoms with Gasteiger partial charge in [0, 0.05) is 22.7 Å². The van der Waals surface area contributed by atoms with E-state index in [0.717, 1.165) is 5.56 Å². The maximum absolute atomic E-state index is 11.7. The Bertz CT molecular complexity index is 564. The average Bonchev–Trinajstić information content (AvgIpc) is 2.77. The van der Waals surface area contributed by atoms with Crippen LogP contribution in [0.15, 0.2) is 34.9 Å². The molecule has 0 saturated heterocycles. The number of halogens is 1. The second-order valence-corrected chi connectivity index (χ2v) is 4.65. The van der Waals surface area contributed by atoms with Crippen LogP contribution in [0.2, 0.25) is 5.02 Å². The topological polar surface area (TPSA) is 55.1 Å². The number of carbonyl (C=O) groups excluding carboxylic acids is 1. The number of nitrogens with zero attached hydrogens (tertiary/aromatic N) is 1. The van der Waals surface area contributed by atoms with Crippen LogP contribution in [-0.2, 0) is 0 Å². The van der Waals surface area contributed by atoms with Gasteiger partial charge in [-0.3, -0.25) is 4.79 Å². The summed E-state index contributed by atoms with van der Waals surface area (Å²) in [6.07, 6.45) is 0. The molecule has 0 saturated carbocycles. The third-order valence-corrected chi connectivity index (χ3v) is 2.51. The van der Waals surface area contributed by atoms with Crippen molar-refractivity contribution in [1.82, 2.24) is 10.5 Å². The van der Waals surface area contributed by atoms with Gasteiger partial charge in [-0.15, -0.1) is 0 Å². The molecule has 0 atom stereocenters. The van der Waals surface area contributed by atoms with Gasteiger partial charge in [0.2, 0.25) is 5.76 Å². The highest BCUT2D eigenvalue weighted by Crippen LogP contribution is 2.22. The molecule has 0 unspecified atom stereocenters. The lowest BCUT2D eigenvalue weighted by Crippen LogP contribution is -2.29. The van der Waals surface area contributed by atoms with E-state index in [1.807, 2.05) is 26.0 Å². The number of amides is 1. The van der Waals surface area contributed by atoms with E-state index in [0.29, 0.717) is 10.7 Å². The Kier molecular flexibility index (Phi) is 3.67. The number of carbonyl (C=O) groups is 1. The van der Waals surface area contributed by atoms with Crippen LogP contribution in [0.3, 0.4) is 0 Å². The van der Waals surface area contributed by atoms with Gasteiger partial charge in [-0.1, -0.05) is 28.9 Å². The lowest BCUT2D eigenvalue weighted by Gasteiger charge is -2.04. The summed E-state index contributed by atoms with van der Waals surface area (Å²) in [6, 6.07) is 8.87. The van der Waals surface area contributed by atoms with Crippen molar-refractivity contribution in [3.05, 3.63) is 41.1 Å². The van der Waals surface area contributed by atoms with Gasteiger partial charge in [0.15, 0.2) is 0 Å². The van der Waals surface area contributed by atoms with Crippen molar-refractivity contribution in [1.29, 1.82) is 0 Å². The molecular formula is C13H13ClN2O2. The number of hydrogen-bond donors (Lipinski definition) is 1. The zero-order valence-electron chi connectivity index (χ0n) is 10.1. The Morgan fingerprint density at radius 1 is 1.39 bits per heavy atom. The average molecular weight is 265 g/mol. The van der Waals surface area contributed by atoms with Crippen molar-refractivity contribution < 1.29 is 9.32 Å². The van der Waals surface area contributed by atoms with Crippen LogP contribution in [0.5, 0.6) is 0 Å². The highest BCUT2D eigenvalue weighted by molar-refractivity contribution is 6.30. The molecule has 18 heavy (non-hydrogen) atoms. The quantitative estimate of drug-likeness (QED) is 0.927. The maximum atomic E-state index is 11.7. The zero-order valence-corrected chi connectivity index (χ0v) is 10.9. The first-order chi connectivity index (χ1) is 8.56. The Morgan fingerprint density at radius 2 is 2.17 bits per heavy atom. The minimum absolute atomic E-state index is 0.0530. The summed E-state index contributed by atoms with van der Waals surface area (Å²) in [6.45, 7) is 3.76. The Hall–Kier alpha value is -1.81. The smallest absolute Gasteiger partial charge is 0.290 e. The fraction of sp³-hybridized carbons (Fsp3) is 0.231. The van der Waals surface area contributed by atoms with Gasteiger partial charge in [-0.2, -0.15) is 0 Å². The molecule has 0 fully saturated rings. The summed E-state index contributed by atoms with van der Waals surface area (Å²) in [5.41, 5.74) is 1.40. The van der Waals surface area contributed by atoms with Crippen molar-refractivity contribution in [2.24, 2.45) is 0 Å². The van der Waals surface area contributed by atoms with E-state index in [1.165, 1.54) is 0 Å². The van der Waals surface area contributed by atoms with Crippen molar-refractivity contribution in [2.75, 3.05) is 0 Å². The van der Waals surface area contributed by atoms with Crippen LogP contribution in [0.25, 0.3) is 11.3 Å². The van der Waals surface area contributed by atoms with E-state index in [-0.39, 0.29) is 17.7 Å². The van der Waals surface area contributed by atoms with E-state index >= 15 is 0 Å². The maximum Gasteiger partial charge on any atom is 0.290 e. The van der Waals surface area contributed by atoms with E-state index in [1.54, 1.807) is 18.2 Å². The first-order valence-electron chi connectivity index (χ1n) is 5.60. The Labute approximate surface area is 110 Å². The largest absolute Gasteiger partial charge is 0.350 e. The van der Waals surface area contributed by atoms with Crippen LogP contribution >= 0.6 is 11.6 Å². The van der Waals surface area contributed by atoms with Gasteiger partial charge >= 0.3 is 0 Å². The molecule has 2 aromatic rings. The van der Waals surface area contributed by atoms with E-state index in [2.05, 4.69) is 10.5 Å². The van der Waals surface area contributed by atoms with Gasteiger partial charge in [-0.05, 0) is 26.0 Å². The summed E-state index contributed by atoms with van der Waals surface area (Å²) in [4.78, 5) is 11.7. The van der Waals surface area contributed by atoms with Gasteiger partial charge in [0.25, 0.3) is 5.91 Å². The minimum atomic E-state index is -0.272. The molecule has 0 spiro atoms. The van der Waals surface area contributed by atoms with Gasteiger partial charge < -0.3 is 9.84 Å². The van der Waals surface area contributed by atoms with Crippen LogP contribution in [0, 0.1) is 0 Å². The van der Waals surface area contributed by atoms with Crippen LogP contribution in [0.4, 0.5) is 0 Å². The second kappa shape index (κ2) is 5.23. The number of aromatic nitrogens is 1. The predicted octanol–water partition coefficient (Wildman–Crippen LogP) is 3.13. The zero-order chi connectivity index (χ0) is 13.1. The van der Waals surface area contributed by atoms with Crippen molar-refractivity contribution in [2.45, 2.75) is 19.9 Å². The molecule has 5 heteroatoms. The van der Waals surface area contributed by atoms with Crippen LogP contribution < -0.4 is 5.32 Å². The lowest BCUT2D eigenvalue weighted by molar-refractivity contribution is 0.0906. The van der Waals surface area contributed by atoms with E-state index < -0.39 is 0 Å².